The van der Waals surface area contributed by atoms with Gasteiger partial charge in [-0.05, 0) is 48.9 Å². The van der Waals surface area contributed by atoms with Gasteiger partial charge in [-0.15, -0.1) is 0 Å². The van der Waals surface area contributed by atoms with E-state index in [1.54, 1.807) is 36.4 Å². The predicted molar refractivity (Wildman–Crippen MR) is 83.0 cm³/mol. The number of carbonyl (C=O) groups excluding carboxylic acids is 1. The monoisotopic (exact) mass is 304 g/mol. The number of ether oxygens (including phenoxy) is 2. The number of carbonyl (C=O) groups is 1. The molecule has 2 aromatic rings. The Morgan fingerprint density at radius 3 is 2.33 bits per heavy atom. The number of hydrogen-bond donors (Lipinski definition) is 0. The van der Waals surface area contributed by atoms with Crippen molar-refractivity contribution in [1.82, 2.24) is 0 Å². The van der Waals surface area contributed by atoms with Crippen LogP contribution in [0.15, 0.2) is 48.5 Å². The zero-order valence-corrected chi connectivity index (χ0v) is 12.6. The lowest BCUT2D eigenvalue weighted by molar-refractivity contribution is 0.0726. The molecule has 0 saturated heterocycles. The van der Waals surface area contributed by atoms with E-state index in [-0.39, 0.29) is 12.4 Å². The number of benzene rings is 2. The summed E-state index contributed by atoms with van der Waals surface area (Å²) in [6, 6.07) is 14.4. The molecule has 0 bridgehead atoms. The van der Waals surface area contributed by atoms with E-state index in [9.17, 15) is 4.79 Å². The molecule has 0 spiro atoms. The molecular weight excluding hydrogens is 288 g/mol. The first-order valence-corrected chi connectivity index (χ1v) is 7.15. The zero-order valence-electron chi connectivity index (χ0n) is 11.8. The second-order valence-corrected chi connectivity index (χ2v) is 4.94. The molecule has 0 N–H and O–H groups in total. The van der Waals surface area contributed by atoms with Crippen LogP contribution in [0.4, 0.5) is 0 Å². The molecule has 110 valence electrons. The van der Waals surface area contributed by atoms with Gasteiger partial charge < -0.3 is 9.47 Å². The lowest BCUT2D eigenvalue weighted by atomic mass is 10.1. The smallest absolute Gasteiger partial charge is 0.188 e. The Morgan fingerprint density at radius 1 is 1.05 bits per heavy atom. The van der Waals surface area contributed by atoms with Gasteiger partial charge in [0.25, 0.3) is 0 Å². The van der Waals surface area contributed by atoms with Crippen molar-refractivity contribution >= 4 is 17.4 Å². The second-order valence-electron chi connectivity index (χ2n) is 4.50. The number of halogens is 1. The van der Waals surface area contributed by atoms with Crippen molar-refractivity contribution < 1.29 is 14.3 Å². The van der Waals surface area contributed by atoms with Crippen LogP contribution in [0.1, 0.15) is 22.8 Å². The van der Waals surface area contributed by atoms with Gasteiger partial charge in [0.2, 0.25) is 0 Å². The van der Waals surface area contributed by atoms with Crippen LogP contribution in [-0.4, -0.2) is 19.0 Å². The van der Waals surface area contributed by atoms with Crippen LogP contribution in [0.5, 0.6) is 5.75 Å². The van der Waals surface area contributed by atoms with Crippen LogP contribution in [0.2, 0.25) is 5.02 Å². The summed E-state index contributed by atoms with van der Waals surface area (Å²) >= 11 is 5.81. The predicted octanol–water partition coefficient (Wildman–Crippen LogP) is 4.14. The molecule has 0 aliphatic heterocycles. The average molecular weight is 305 g/mol. The number of ketones is 1. The third-order valence-corrected chi connectivity index (χ3v) is 3.15. The van der Waals surface area contributed by atoms with Crippen molar-refractivity contribution in [2.45, 2.75) is 13.5 Å². The highest BCUT2D eigenvalue weighted by atomic mass is 35.5. The van der Waals surface area contributed by atoms with Crippen LogP contribution in [0.3, 0.4) is 0 Å². The van der Waals surface area contributed by atoms with E-state index in [1.165, 1.54) is 0 Å². The number of rotatable bonds is 7. The Bertz CT molecular complexity index is 576. The van der Waals surface area contributed by atoms with Gasteiger partial charge in [0.15, 0.2) is 5.78 Å². The van der Waals surface area contributed by atoms with Gasteiger partial charge >= 0.3 is 0 Å². The third-order valence-electron chi connectivity index (χ3n) is 2.90. The average Bonchev–Trinajstić information content (AvgIpc) is 2.50. The molecular formula is C17H17ClO3. The first kappa shape index (κ1) is 15.5. The molecule has 0 aliphatic rings. The first-order valence-electron chi connectivity index (χ1n) is 6.77. The normalized spacial score (nSPS) is 10.4. The highest BCUT2D eigenvalue weighted by Crippen LogP contribution is 2.13. The van der Waals surface area contributed by atoms with Crippen molar-refractivity contribution in [1.29, 1.82) is 0 Å². The minimum absolute atomic E-state index is 0.0491. The van der Waals surface area contributed by atoms with Crippen molar-refractivity contribution in [2.24, 2.45) is 0 Å². The Balaban J connectivity index is 1.82. The fourth-order valence-corrected chi connectivity index (χ4v) is 1.96. The van der Waals surface area contributed by atoms with E-state index in [0.29, 0.717) is 23.8 Å². The molecule has 0 amide bonds. The minimum Gasteiger partial charge on any atom is -0.494 e. The quantitative estimate of drug-likeness (QED) is 0.721. The van der Waals surface area contributed by atoms with Crippen LogP contribution in [-0.2, 0) is 11.3 Å². The second kappa shape index (κ2) is 7.81. The van der Waals surface area contributed by atoms with E-state index in [2.05, 4.69) is 0 Å². The molecule has 0 heterocycles. The summed E-state index contributed by atoms with van der Waals surface area (Å²) in [5.74, 6) is 0.711. The number of Topliss-reactive ketones (excluding diaryl/α,β-unsaturated/α-hetero) is 1. The van der Waals surface area contributed by atoms with Crippen LogP contribution < -0.4 is 4.74 Å². The Hall–Kier alpha value is -1.84. The van der Waals surface area contributed by atoms with E-state index in [1.807, 2.05) is 19.1 Å². The van der Waals surface area contributed by atoms with Crippen molar-refractivity contribution in [2.75, 3.05) is 13.2 Å². The van der Waals surface area contributed by atoms with Gasteiger partial charge in [0.1, 0.15) is 12.4 Å². The summed E-state index contributed by atoms with van der Waals surface area (Å²) in [5.41, 5.74) is 1.61. The molecule has 21 heavy (non-hydrogen) atoms. The Morgan fingerprint density at radius 2 is 1.71 bits per heavy atom. The summed E-state index contributed by atoms with van der Waals surface area (Å²) in [6.45, 7) is 2.97. The summed E-state index contributed by atoms with van der Waals surface area (Å²) in [5, 5.41) is 0.684. The molecule has 0 radical (unpaired) electrons. The lowest BCUT2D eigenvalue weighted by Crippen LogP contribution is -2.09. The van der Waals surface area contributed by atoms with E-state index in [4.69, 9.17) is 21.1 Å². The highest BCUT2D eigenvalue weighted by Gasteiger charge is 2.06. The largest absolute Gasteiger partial charge is 0.494 e. The molecule has 0 aromatic heterocycles. The van der Waals surface area contributed by atoms with Crippen molar-refractivity contribution in [3.63, 3.8) is 0 Å². The van der Waals surface area contributed by atoms with E-state index < -0.39 is 0 Å². The molecule has 0 fully saturated rings. The summed E-state index contributed by atoms with van der Waals surface area (Å²) in [4.78, 5) is 12.0. The molecule has 3 nitrogen and oxygen atoms in total. The van der Waals surface area contributed by atoms with Gasteiger partial charge in [-0.2, -0.15) is 0 Å². The summed E-state index contributed by atoms with van der Waals surface area (Å²) in [6.07, 6.45) is 0. The Labute approximate surface area is 129 Å². The number of hydrogen-bond acceptors (Lipinski definition) is 3. The minimum atomic E-state index is -0.0491. The van der Waals surface area contributed by atoms with Gasteiger partial charge in [-0.25, -0.2) is 0 Å². The maximum Gasteiger partial charge on any atom is 0.188 e. The third kappa shape index (κ3) is 4.88. The zero-order chi connectivity index (χ0) is 15.1. The van der Waals surface area contributed by atoms with Gasteiger partial charge in [0, 0.05) is 10.6 Å². The topological polar surface area (TPSA) is 35.5 Å². The molecule has 0 aliphatic carbocycles. The fraction of sp³-hybridized carbons (Fsp3) is 0.235. The van der Waals surface area contributed by atoms with Crippen molar-refractivity contribution in [3.05, 3.63) is 64.7 Å². The highest BCUT2D eigenvalue weighted by molar-refractivity contribution is 6.30. The molecule has 0 saturated carbocycles. The van der Waals surface area contributed by atoms with Gasteiger partial charge in [-0.1, -0.05) is 23.7 Å². The molecule has 0 atom stereocenters. The van der Waals surface area contributed by atoms with Crippen molar-refractivity contribution in [3.8, 4) is 5.75 Å². The fourth-order valence-electron chi connectivity index (χ4n) is 1.83. The lowest BCUT2D eigenvalue weighted by Gasteiger charge is -2.06. The van der Waals surface area contributed by atoms with Gasteiger partial charge in [-0.3, -0.25) is 4.79 Å². The molecule has 4 heteroatoms. The van der Waals surface area contributed by atoms with Gasteiger partial charge in [0.05, 0.1) is 13.2 Å². The van der Waals surface area contributed by atoms with E-state index >= 15 is 0 Å². The first-order chi connectivity index (χ1) is 10.2. The van der Waals surface area contributed by atoms with Crippen LogP contribution in [0, 0.1) is 0 Å². The maximum atomic E-state index is 12.0. The standard InChI is InChI=1S/C17H17ClO3/c1-2-21-16-9-5-14(6-10-16)17(19)12-20-11-13-3-7-15(18)8-4-13/h3-10H,2,11-12H2,1H3. The molecule has 0 unspecified atom stereocenters. The summed E-state index contributed by atoms with van der Waals surface area (Å²) in [7, 11) is 0. The van der Waals surface area contributed by atoms with Crippen LogP contribution in [0.25, 0.3) is 0 Å². The maximum absolute atomic E-state index is 12.0. The SMILES string of the molecule is CCOc1ccc(C(=O)COCc2ccc(Cl)cc2)cc1. The van der Waals surface area contributed by atoms with Crippen LogP contribution >= 0.6 is 11.6 Å². The Kier molecular flexibility index (Phi) is 5.78. The molecule has 2 rings (SSSR count). The molecule has 2 aromatic carbocycles. The van der Waals surface area contributed by atoms with E-state index in [0.717, 1.165) is 11.3 Å². The summed E-state index contributed by atoms with van der Waals surface area (Å²) < 4.78 is 10.8.